The van der Waals surface area contributed by atoms with E-state index in [1.807, 2.05) is 12.1 Å². The molecule has 2 aliphatic heterocycles. The first kappa shape index (κ1) is 21.8. The predicted molar refractivity (Wildman–Crippen MR) is 99.4 cm³/mol. The molecule has 1 aromatic carbocycles. The van der Waals surface area contributed by atoms with E-state index in [2.05, 4.69) is 9.80 Å². The Morgan fingerprint density at radius 2 is 1.72 bits per heavy atom. The summed E-state index contributed by atoms with van der Waals surface area (Å²) in [6.07, 6.45) is 0.0402. The number of carbonyl (C=O) groups is 1. The minimum absolute atomic E-state index is 0.159. The number of benzene rings is 1. The van der Waals surface area contributed by atoms with Crippen molar-refractivity contribution in [3.05, 3.63) is 30.1 Å². The number of piperidine rings is 1. The topological polar surface area (TPSA) is 53.0 Å². The number of hydrogen-bond donors (Lipinski definition) is 1. The van der Waals surface area contributed by atoms with Gasteiger partial charge >= 0.3 is 12.1 Å². The molecule has 162 valence electrons. The molecule has 2 heterocycles. The van der Waals surface area contributed by atoms with Crippen LogP contribution >= 0.6 is 0 Å². The van der Waals surface area contributed by atoms with Gasteiger partial charge in [0.2, 0.25) is 0 Å². The van der Waals surface area contributed by atoms with Gasteiger partial charge in [0.1, 0.15) is 5.82 Å². The normalized spacial score (nSPS) is 22.1. The van der Waals surface area contributed by atoms with E-state index >= 15 is 0 Å². The average Bonchev–Trinajstić information content (AvgIpc) is 3.49. The maximum Gasteiger partial charge on any atom is 0.490 e. The molecule has 5 nitrogen and oxygen atoms in total. The lowest BCUT2D eigenvalue weighted by Gasteiger charge is -2.51. The molecular formula is C20H26F4N2O3. The lowest BCUT2D eigenvalue weighted by Crippen LogP contribution is -2.62. The number of alkyl halides is 3. The third-order valence-electron chi connectivity index (χ3n) is 5.85. The Bertz CT molecular complexity index is 684. The van der Waals surface area contributed by atoms with Gasteiger partial charge in [-0.2, -0.15) is 13.2 Å². The standard InChI is InChI=1S/C18H25FN2O.C2HF3O2/c19-16-3-5-17(6-4-16)20-9-7-18(8-10-20)14-22-12-11-21(18)13-15-1-2-15;3-2(4,5)1(6)7/h3-6,15H,1-2,7-14H2;(H,6,7). The van der Waals surface area contributed by atoms with Crippen LogP contribution in [-0.4, -0.2) is 67.1 Å². The summed E-state index contributed by atoms with van der Waals surface area (Å²) in [5.41, 5.74) is 1.39. The molecule has 29 heavy (non-hydrogen) atoms. The summed E-state index contributed by atoms with van der Waals surface area (Å²) in [4.78, 5) is 14.0. The largest absolute Gasteiger partial charge is 0.490 e. The Morgan fingerprint density at radius 1 is 1.14 bits per heavy atom. The Kier molecular flexibility index (Phi) is 6.68. The maximum absolute atomic E-state index is 13.1. The van der Waals surface area contributed by atoms with Crippen molar-refractivity contribution in [2.45, 2.75) is 37.4 Å². The van der Waals surface area contributed by atoms with Crippen LogP contribution in [0.2, 0.25) is 0 Å². The number of carboxylic acid groups (broad SMARTS) is 1. The van der Waals surface area contributed by atoms with Crippen LogP contribution in [0.25, 0.3) is 0 Å². The Hall–Kier alpha value is -1.87. The highest BCUT2D eigenvalue weighted by molar-refractivity contribution is 5.73. The van der Waals surface area contributed by atoms with Crippen LogP contribution in [0, 0.1) is 11.7 Å². The van der Waals surface area contributed by atoms with Crippen molar-refractivity contribution in [1.29, 1.82) is 0 Å². The number of nitrogens with zero attached hydrogens (tertiary/aromatic N) is 2. The van der Waals surface area contributed by atoms with E-state index in [9.17, 15) is 17.6 Å². The number of morpholine rings is 1. The van der Waals surface area contributed by atoms with Crippen molar-refractivity contribution < 1.29 is 32.2 Å². The molecule has 1 saturated carbocycles. The zero-order valence-electron chi connectivity index (χ0n) is 16.1. The molecule has 1 spiro atoms. The fourth-order valence-corrected chi connectivity index (χ4v) is 3.96. The van der Waals surface area contributed by atoms with E-state index in [4.69, 9.17) is 14.6 Å². The van der Waals surface area contributed by atoms with Crippen LogP contribution < -0.4 is 4.90 Å². The van der Waals surface area contributed by atoms with Gasteiger partial charge in [-0.1, -0.05) is 0 Å². The van der Waals surface area contributed by atoms with Crippen LogP contribution in [0.15, 0.2) is 24.3 Å². The summed E-state index contributed by atoms with van der Waals surface area (Å²) in [7, 11) is 0. The molecule has 0 atom stereocenters. The van der Waals surface area contributed by atoms with Gasteiger partial charge in [-0.15, -0.1) is 0 Å². The van der Waals surface area contributed by atoms with Crippen molar-refractivity contribution in [1.82, 2.24) is 4.90 Å². The van der Waals surface area contributed by atoms with E-state index in [0.717, 1.165) is 57.3 Å². The van der Waals surface area contributed by atoms with E-state index < -0.39 is 12.1 Å². The fourth-order valence-electron chi connectivity index (χ4n) is 3.96. The Morgan fingerprint density at radius 3 is 2.24 bits per heavy atom. The lowest BCUT2D eigenvalue weighted by atomic mass is 9.85. The summed E-state index contributed by atoms with van der Waals surface area (Å²) < 4.78 is 50.7. The summed E-state index contributed by atoms with van der Waals surface area (Å²) in [5.74, 6) is -1.98. The molecule has 2 saturated heterocycles. The molecule has 0 unspecified atom stereocenters. The third kappa shape index (κ3) is 5.82. The number of rotatable bonds is 3. The highest BCUT2D eigenvalue weighted by atomic mass is 19.4. The Balaban J connectivity index is 0.000000298. The second-order valence-corrected chi connectivity index (χ2v) is 7.93. The van der Waals surface area contributed by atoms with Crippen LogP contribution in [0.3, 0.4) is 0 Å². The molecule has 1 N–H and O–H groups in total. The van der Waals surface area contributed by atoms with Crippen molar-refractivity contribution in [3.63, 3.8) is 0 Å². The second kappa shape index (κ2) is 8.87. The van der Waals surface area contributed by atoms with E-state index in [1.165, 1.54) is 19.4 Å². The monoisotopic (exact) mass is 418 g/mol. The first-order chi connectivity index (χ1) is 13.7. The smallest absolute Gasteiger partial charge is 0.475 e. The van der Waals surface area contributed by atoms with Crippen LogP contribution in [-0.2, 0) is 9.53 Å². The third-order valence-corrected chi connectivity index (χ3v) is 5.85. The number of ether oxygens (including phenoxy) is 1. The predicted octanol–water partition coefficient (Wildman–Crippen LogP) is 3.54. The first-order valence-corrected chi connectivity index (χ1v) is 9.83. The van der Waals surface area contributed by atoms with E-state index in [-0.39, 0.29) is 11.4 Å². The highest BCUT2D eigenvalue weighted by Crippen LogP contribution is 2.38. The van der Waals surface area contributed by atoms with E-state index in [0.29, 0.717) is 0 Å². The van der Waals surface area contributed by atoms with Crippen molar-refractivity contribution >= 4 is 11.7 Å². The second-order valence-electron chi connectivity index (χ2n) is 7.93. The van der Waals surface area contributed by atoms with Gasteiger partial charge in [0.25, 0.3) is 0 Å². The summed E-state index contributed by atoms with van der Waals surface area (Å²) in [6.45, 7) is 6.20. The number of halogens is 4. The molecule has 1 aromatic rings. The minimum Gasteiger partial charge on any atom is -0.475 e. The van der Waals surface area contributed by atoms with Gasteiger partial charge in [0, 0.05) is 37.4 Å². The zero-order chi connectivity index (χ0) is 21.1. The van der Waals surface area contributed by atoms with Crippen molar-refractivity contribution in [2.24, 2.45) is 5.92 Å². The SMILES string of the molecule is Fc1ccc(N2CCC3(CC2)COCCN3CC2CC2)cc1.O=C(O)C(F)(F)F. The molecule has 4 rings (SSSR count). The van der Waals surface area contributed by atoms with Crippen molar-refractivity contribution in [3.8, 4) is 0 Å². The van der Waals surface area contributed by atoms with Crippen LogP contribution in [0.1, 0.15) is 25.7 Å². The lowest BCUT2D eigenvalue weighted by molar-refractivity contribution is -0.192. The summed E-state index contributed by atoms with van der Waals surface area (Å²) >= 11 is 0. The van der Waals surface area contributed by atoms with Crippen LogP contribution in [0.5, 0.6) is 0 Å². The highest BCUT2D eigenvalue weighted by Gasteiger charge is 2.43. The fraction of sp³-hybridized carbons (Fsp3) is 0.650. The number of aliphatic carboxylic acids is 1. The number of hydrogen-bond acceptors (Lipinski definition) is 4. The summed E-state index contributed by atoms with van der Waals surface area (Å²) in [6, 6.07) is 6.91. The molecule has 3 fully saturated rings. The Labute approximate surface area is 167 Å². The average molecular weight is 418 g/mol. The zero-order valence-corrected chi connectivity index (χ0v) is 16.1. The molecule has 0 amide bonds. The van der Waals surface area contributed by atoms with Gasteiger partial charge in [0.05, 0.1) is 13.2 Å². The molecule has 9 heteroatoms. The molecule has 0 bridgehead atoms. The van der Waals surface area contributed by atoms with Crippen LogP contribution in [0.4, 0.5) is 23.2 Å². The van der Waals surface area contributed by atoms with Gasteiger partial charge in [-0.3, -0.25) is 4.90 Å². The molecule has 3 aliphatic rings. The molecular weight excluding hydrogens is 392 g/mol. The maximum atomic E-state index is 13.1. The van der Waals surface area contributed by atoms with Gasteiger partial charge < -0.3 is 14.7 Å². The number of carboxylic acids is 1. The molecule has 0 aromatic heterocycles. The summed E-state index contributed by atoms with van der Waals surface area (Å²) in [5, 5.41) is 7.12. The minimum atomic E-state index is -5.08. The molecule has 0 radical (unpaired) electrons. The van der Waals surface area contributed by atoms with Gasteiger partial charge in [-0.25, -0.2) is 9.18 Å². The quantitative estimate of drug-likeness (QED) is 0.761. The van der Waals surface area contributed by atoms with Crippen molar-refractivity contribution in [2.75, 3.05) is 44.3 Å². The number of anilines is 1. The molecule has 1 aliphatic carbocycles. The first-order valence-electron chi connectivity index (χ1n) is 9.83. The van der Waals surface area contributed by atoms with Gasteiger partial charge in [0.15, 0.2) is 0 Å². The van der Waals surface area contributed by atoms with E-state index in [1.54, 1.807) is 12.1 Å². The van der Waals surface area contributed by atoms with Gasteiger partial charge in [-0.05, 0) is 55.9 Å².